The number of rotatable bonds is 7. The molecule has 27 heavy (non-hydrogen) atoms. The van der Waals surface area contributed by atoms with Crippen molar-refractivity contribution in [2.24, 2.45) is 5.73 Å². The number of nitrogens with two attached hydrogens (primary N) is 1. The van der Waals surface area contributed by atoms with Gasteiger partial charge in [0.2, 0.25) is 5.91 Å². The highest BCUT2D eigenvalue weighted by Gasteiger charge is 2.10. The van der Waals surface area contributed by atoms with Crippen molar-refractivity contribution in [2.45, 2.75) is 6.61 Å². The number of hydrogen-bond acceptors (Lipinski definition) is 5. The number of nitrogens with one attached hydrogen (secondary N) is 1. The van der Waals surface area contributed by atoms with Crippen LogP contribution >= 0.6 is 11.6 Å². The second kappa shape index (κ2) is 8.37. The third-order valence-corrected chi connectivity index (χ3v) is 3.85. The second-order valence-electron chi connectivity index (χ2n) is 5.65. The fraction of sp³-hybridized carbons (Fsp3) is 0.105. The first kappa shape index (κ1) is 18.5. The number of ether oxygens (including phenoxy) is 1. The zero-order chi connectivity index (χ0) is 19.2. The minimum atomic E-state index is -0.613. The zero-order valence-electron chi connectivity index (χ0n) is 14.1. The molecule has 0 aliphatic carbocycles. The minimum absolute atomic E-state index is 0.146. The Morgan fingerprint density at radius 2 is 1.93 bits per heavy atom. The lowest BCUT2D eigenvalue weighted by Gasteiger charge is -2.06. The highest BCUT2D eigenvalue weighted by Crippen LogP contribution is 2.22. The number of hydrogen-bond donors (Lipinski definition) is 2. The summed E-state index contributed by atoms with van der Waals surface area (Å²) < 4.78 is 10.9. The maximum absolute atomic E-state index is 11.9. The van der Waals surface area contributed by atoms with E-state index in [2.05, 4.69) is 10.5 Å². The van der Waals surface area contributed by atoms with E-state index in [1.54, 1.807) is 42.5 Å². The second-order valence-corrected chi connectivity index (χ2v) is 6.09. The molecule has 0 saturated heterocycles. The molecule has 1 heterocycles. The highest BCUT2D eigenvalue weighted by molar-refractivity contribution is 6.30. The van der Waals surface area contributed by atoms with Crippen molar-refractivity contribution in [3.63, 3.8) is 0 Å². The molecule has 7 nitrogen and oxygen atoms in total. The van der Waals surface area contributed by atoms with Crippen LogP contribution in [0.2, 0.25) is 5.02 Å². The predicted octanol–water partition coefficient (Wildman–Crippen LogP) is 2.79. The van der Waals surface area contributed by atoms with Gasteiger partial charge in [-0.3, -0.25) is 9.59 Å². The Bertz CT molecular complexity index is 954. The lowest BCUT2D eigenvalue weighted by atomic mass is 10.1. The molecule has 0 unspecified atom stereocenters. The summed E-state index contributed by atoms with van der Waals surface area (Å²) in [5, 5.41) is 7.07. The monoisotopic (exact) mass is 385 g/mol. The number of benzene rings is 2. The molecule has 3 rings (SSSR count). The van der Waals surface area contributed by atoms with Crippen molar-refractivity contribution in [3.8, 4) is 17.0 Å². The summed E-state index contributed by atoms with van der Waals surface area (Å²) in [6.07, 6.45) is 0. The minimum Gasteiger partial charge on any atom is -0.486 e. The molecular weight excluding hydrogens is 370 g/mol. The molecule has 138 valence electrons. The van der Waals surface area contributed by atoms with Gasteiger partial charge in [-0.1, -0.05) is 35.0 Å². The summed E-state index contributed by atoms with van der Waals surface area (Å²) >= 11 is 5.88. The first-order chi connectivity index (χ1) is 13.0. The van der Waals surface area contributed by atoms with Gasteiger partial charge < -0.3 is 20.3 Å². The molecule has 2 aromatic carbocycles. The highest BCUT2D eigenvalue weighted by atomic mass is 35.5. The van der Waals surface area contributed by atoms with Gasteiger partial charge >= 0.3 is 0 Å². The third kappa shape index (κ3) is 5.08. The molecule has 0 spiro atoms. The van der Waals surface area contributed by atoms with Gasteiger partial charge in [0.25, 0.3) is 5.91 Å². The first-order valence-corrected chi connectivity index (χ1v) is 8.40. The van der Waals surface area contributed by atoms with E-state index >= 15 is 0 Å². The van der Waals surface area contributed by atoms with Gasteiger partial charge in [0.15, 0.2) is 5.76 Å². The Hall–Kier alpha value is -3.32. The molecule has 0 fully saturated rings. The summed E-state index contributed by atoms with van der Waals surface area (Å²) in [6, 6.07) is 15.6. The van der Waals surface area contributed by atoms with Crippen molar-refractivity contribution in [3.05, 3.63) is 70.9 Å². The van der Waals surface area contributed by atoms with Gasteiger partial charge in [-0.25, -0.2) is 0 Å². The van der Waals surface area contributed by atoms with Crippen molar-refractivity contribution < 1.29 is 18.8 Å². The first-order valence-electron chi connectivity index (χ1n) is 8.02. The largest absolute Gasteiger partial charge is 0.486 e. The van der Waals surface area contributed by atoms with Crippen LogP contribution in [0, 0.1) is 0 Å². The van der Waals surface area contributed by atoms with Crippen LogP contribution in [0.5, 0.6) is 5.75 Å². The van der Waals surface area contributed by atoms with Crippen LogP contribution in [0.4, 0.5) is 0 Å². The van der Waals surface area contributed by atoms with Crippen LogP contribution in [0.15, 0.2) is 59.1 Å². The van der Waals surface area contributed by atoms with Gasteiger partial charge in [-0.15, -0.1) is 0 Å². The molecule has 3 aromatic rings. The molecule has 0 radical (unpaired) electrons. The third-order valence-electron chi connectivity index (χ3n) is 3.60. The molecular formula is C19H16ClN3O4. The van der Waals surface area contributed by atoms with Gasteiger partial charge in [0, 0.05) is 22.2 Å². The fourth-order valence-corrected chi connectivity index (χ4v) is 2.41. The van der Waals surface area contributed by atoms with E-state index in [4.69, 9.17) is 26.6 Å². The summed E-state index contributed by atoms with van der Waals surface area (Å²) in [5.74, 6) is -0.0174. The van der Waals surface area contributed by atoms with E-state index in [0.717, 1.165) is 5.56 Å². The van der Waals surface area contributed by atoms with Crippen LogP contribution in [-0.2, 0) is 11.4 Å². The number of carbonyl (C=O) groups is 2. The maximum atomic E-state index is 11.9. The number of primary amides is 1. The van der Waals surface area contributed by atoms with E-state index in [0.29, 0.717) is 27.8 Å². The summed E-state index contributed by atoms with van der Waals surface area (Å²) in [6.45, 7) is -0.0809. The number of nitrogens with zero attached hydrogens (tertiary/aromatic N) is 1. The predicted molar refractivity (Wildman–Crippen MR) is 99.3 cm³/mol. The average molecular weight is 386 g/mol. The van der Waals surface area contributed by atoms with Gasteiger partial charge in [0.1, 0.15) is 18.1 Å². The molecule has 1 aromatic heterocycles. The van der Waals surface area contributed by atoms with Crippen LogP contribution in [0.3, 0.4) is 0 Å². The van der Waals surface area contributed by atoms with Gasteiger partial charge in [-0.2, -0.15) is 0 Å². The fourth-order valence-electron chi connectivity index (χ4n) is 2.29. The van der Waals surface area contributed by atoms with Crippen molar-refractivity contribution in [1.29, 1.82) is 0 Å². The normalized spacial score (nSPS) is 10.4. The summed E-state index contributed by atoms with van der Waals surface area (Å²) in [5.41, 5.74) is 6.91. The molecule has 0 aliphatic heterocycles. The van der Waals surface area contributed by atoms with Gasteiger partial charge in [0.05, 0.1) is 6.54 Å². The van der Waals surface area contributed by atoms with Crippen molar-refractivity contribution >= 4 is 23.4 Å². The average Bonchev–Trinajstić information content (AvgIpc) is 3.14. The van der Waals surface area contributed by atoms with E-state index < -0.39 is 11.8 Å². The lowest BCUT2D eigenvalue weighted by Crippen LogP contribution is -2.33. The number of halogens is 1. The van der Waals surface area contributed by atoms with E-state index in [1.165, 1.54) is 0 Å². The Balaban J connectivity index is 1.62. The number of carbonyl (C=O) groups excluding carboxylic acids is 2. The van der Waals surface area contributed by atoms with E-state index in [1.807, 2.05) is 12.1 Å². The van der Waals surface area contributed by atoms with E-state index in [9.17, 15) is 9.59 Å². The molecule has 0 atom stereocenters. The Kier molecular flexibility index (Phi) is 5.73. The molecule has 2 amide bonds. The van der Waals surface area contributed by atoms with E-state index in [-0.39, 0.29) is 13.2 Å². The number of amides is 2. The summed E-state index contributed by atoms with van der Waals surface area (Å²) in [7, 11) is 0. The molecule has 0 aliphatic rings. The van der Waals surface area contributed by atoms with Crippen LogP contribution in [-0.4, -0.2) is 23.5 Å². The Morgan fingerprint density at radius 3 is 2.67 bits per heavy atom. The van der Waals surface area contributed by atoms with Crippen molar-refractivity contribution in [2.75, 3.05) is 6.54 Å². The summed E-state index contributed by atoms with van der Waals surface area (Å²) in [4.78, 5) is 22.7. The van der Waals surface area contributed by atoms with Crippen LogP contribution < -0.4 is 15.8 Å². The molecule has 0 bridgehead atoms. The molecule has 3 N–H and O–H groups in total. The Morgan fingerprint density at radius 1 is 1.15 bits per heavy atom. The Labute approximate surface area is 160 Å². The van der Waals surface area contributed by atoms with Crippen molar-refractivity contribution in [1.82, 2.24) is 10.5 Å². The molecule has 8 heteroatoms. The SMILES string of the molecule is NC(=O)CNC(=O)c1cccc(OCc2cc(-c3ccc(Cl)cc3)no2)c1. The number of aromatic nitrogens is 1. The van der Waals surface area contributed by atoms with Crippen LogP contribution in [0.1, 0.15) is 16.1 Å². The molecule has 0 saturated carbocycles. The topological polar surface area (TPSA) is 107 Å². The maximum Gasteiger partial charge on any atom is 0.251 e. The smallest absolute Gasteiger partial charge is 0.251 e. The quantitative estimate of drug-likeness (QED) is 0.650. The van der Waals surface area contributed by atoms with Gasteiger partial charge in [-0.05, 0) is 30.3 Å². The lowest BCUT2D eigenvalue weighted by molar-refractivity contribution is -0.117. The standard InChI is InChI=1S/C19H16ClN3O4/c20-14-6-4-12(5-7-14)17-9-16(27-23-17)11-26-15-3-1-2-13(8-15)19(25)22-10-18(21)24/h1-9H,10-11H2,(H2,21,24)(H,22,25). The zero-order valence-corrected chi connectivity index (χ0v) is 14.9. The van der Waals surface area contributed by atoms with Crippen LogP contribution in [0.25, 0.3) is 11.3 Å².